The minimum Gasteiger partial charge on any atom is -0.504 e. The molecule has 17 heavy (non-hydrogen) atoms. The van der Waals surface area contributed by atoms with Gasteiger partial charge in [0.15, 0.2) is 11.5 Å². The van der Waals surface area contributed by atoms with Crippen LogP contribution in [0.15, 0.2) is 18.2 Å². The van der Waals surface area contributed by atoms with Crippen LogP contribution in [0.5, 0.6) is 11.5 Å². The van der Waals surface area contributed by atoms with Crippen LogP contribution in [0.1, 0.15) is 18.9 Å². The molecule has 2 unspecified atom stereocenters. The Labute approximate surface area is 102 Å². The Morgan fingerprint density at radius 2 is 2.35 bits per heavy atom. The monoisotopic (exact) mass is 237 g/mol. The molecule has 0 spiro atoms. The third-order valence-corrected chi connectivity index (χ3v) is 3.23. The van der Waals surface area contributed by atoms with Crippen LogP contribution >= 0.6 is 0 Å². The Kier molecular flexibility index (Phi) is 3.86. The number of hydrogen-bond acceptors (Lipinski definition) is 4. The van der Waals surface area contributed by atoms with Gasteiger partial charge in [-0.2, -0.15) is 0 Å². The molecule has 2 atom stereocenters. The highest BCUT2D eigenvalue weighted by atomic mass is 16.5. The van der Waals surface area contributed by atoms with E-state index >= 15 is 0 Å². The van der Waals surface area contributed by atoms with E-state index in [1.165, 1.54) is 0 Å². The molecule has 1 saturated heterocycles. The van der Waals surface area contributed by atoms with Crippen molar-refractivity contribution in [2.24, 2.45) is 0 Å². The van der Waals surface area contributed by atoms with Crippen LogP contribution < -0.4 is 10.1 Å². The van der Waals surface area contributed by atoms with Crippen molar-refractivity contribution in [3.05, 3.63) is 23.8 Å². The molecule has 2 rings (SSSR count). The topological polar surface area (TPSA) is 50.7 Å². The standard InChI is InChI=1S/C13H19NO3/c1-9-11(6-7-17-9)14-8-10-4-3-5-12(16-2)13(10)15/h3-5,9,11,14-15H,6-8H2,1-2H3. The fourth-order valence-electron chi connectivity index (χ4n) is 2.12. The van der Waals surface area contributed by atoms with Crippen LogP contribution in [0.25, 0.3) is 0 Å². The smallest absolute Gasteiger partial charge is 0.162 e. The summed E-state index contributed by atoms with van der Waals surface area (Å²) in [6.07, 6.45) is 1.26. The van der Waals surface area contributed by atoms with Crippen LogP contribution in [0.2, 0.25) is 0 Å². The number of phenolic OH excluding ortho intramolecular Hbond substituents is 1. The summed E-state index contributed by atoms with van der Waals surface area (Å²) in [5.74, 6) is 0.731. The van der Waals surface area contributed by atoms with E-state index in [-0.39, 0.29) is 11.9 Å². The Hall–Kier alpha value is -1.26. The van der Waals surface area contributed by atoms with Crippen molar-refractivity contribution < 1.29 is 14.6 Å². The van der Waals surface area contributed by atoms with Crippen LogP contribution in [-0.2, 0) is 11.3 Å². The Bertz CT molecular complexity index is 381. The van der Waals surface area contributed by atoms with Crippen molar-refractivity contribution in [1.29, 1.82) is 0 Å². The number of benzene rings is 1. The molecule has 2 N–H and O–H groups in total. The van der Waals surface area contributed by atoms with Gasteiger partial charge in [0.1, 0.15) is 0 Å². The number of methoxy groups -OCH3 is 1. The summed E-state index contributed by atoms with van der Waals surface area (Å²) in [6.45, 7) is 3.50. The zero-order valence-electron chi connectivity index (χ0n) is 10.3. The minimum absolute atomic E-state index is 0.217. The third-order valence-electron chi connectivity index (χ3n) is 3.23. The molecular formula is C13H19NO3. The summed E-state index contributed by atoms with van der Waals surface area (Å²) < 4.78 is 10.6. The van der Waals surface area contributed by atoms with Gasteiger partial charge < -0.3 is 19.9 Å². The molecule has 1 aromatic carbocycles. The molecule has 0 bridgehead atoms. The second kappa shape index (κ2) is 5.38. The van der Waals surface area contributed by atoms with Crippen molar-refractivity contribution in [2.45, 2.75) is 32.0 Å². The predicted octanol–water partition coefficient (Wildman–Crippen LogP) is 1.67. The van der Waals surface area contributed by atoms with Gasteiger partial charge in [0.05, 0.1) is 13.2 Å². The van der Waals surface area contributed by atoms with E-state index in [1.54, 1.807) is 13.2 Å². The lowest BCUT2D eigenvalue weighted by atomic mass is 10.1. The second-order valence-electron chi connectivity index (χ2n) is 4.32. The van der Waals surface area contributed by atoms with Gasteiger partial charge >= 0.3 is 0 Å². The molecule has 1 aliphatic heterocycles. The summed E-state index contributed by atoms with van der Waals surface area (Å²) in [7, 11) is 1.55. The highest BCUT2D eigenvalue weighted by Gasteiger charge is 2.23. The lowest BCUT2D eigenvalue weighted by Gasteiger charge is -2.17. The van der Waals surface area contributed by atoms with Gasteiger partial charge in [0, 0.05) is 24.8 Å². The molecule has 0 radical (unpaired) electrons. The van der Waals surface area contributed by atoms with E-state index in [4.69, 9.17) is 9.47 Å². The molecular weight excluding hydrogens is 218 g/mol. The maximum absolute atomic E-state index is 9.93. The van der Waals surface area contributed by atoms with Crippen molar-refractivity contribution >= 4 is 0 Å². The zero-order valence-corrected chi connectivity index (χ0v) is 10.3. The quantitative estimate of drug-likeness (QED) is 0.836. The minimum atomic E-state index is 0.217. The Morgan fingerprint density at radius 1 is 1.53 bits per heavy atom. The zero-order chi connectivity index (χ0) is 12.3. The van der Waals surface area contributed by atoms with E-state index < -0.39 is 0 Å². The van der Waals surface area contributed by atoms with E-state index in [0.29, 0.717) is 18.3 Å². The van der Waals surface area contributed by atoms with Crippen molar-refractivity contribution in [3.8, 4) is 11.5 Å². The lowest BCUT2D eigenvalue weighted by molar-refractivity contribution is 0.113. The van der Waals surface area contributed by atoms with Crippen molar-refractivity contribution in [1.82, 2.24) is 5.32 Å². The summed E-state index contributed by atoms with van der Waals surface area (Å²) in [4.78, 5) is 0. The first kappa shape index (κ1) is 12.2. The molecule has 94 valence electrons. The summed E-state index contributed by atoms with van der Waals surface area (Å²) in [6, 6.07) is 5.89. The van der Waals surface area contributed by atoms with Gasteiger partial charge in [-0.25, -0.2) is 0 Å². The van der Waals surface area contributed by atoms with Crippen LogP contribution in [0.4, 0.5) is 0 Å². The van der Waals surface area contributed by atoms with Crippen molar-refractivity contribution in [2.75, 3.05) is 13.7 Å². The highest BCUT2D eigenvalue weighted by Crippen LogP contribution is 2.29. The number of rotatable bonds is 4. The lowest BCUT2D eigenvalue weighted by Crippen LogP contribution is -2.34. The number of phenols is 1. The summed E-state index contributed by atoms with van der Waals surface area (Å²) in [5.41, 5.74) is 0.850. The first-order chi connectivity index (χ1) is 8.22. The van der Waals surface area contributed by atoms with Gasteiger partial charge in [-0.3, -0.25) is 0 Å². The van der Waals surface area contributed by atoms with E-state index in [2.05, 4.69) is 12.2 Å². The molecule has 1 aliphatic rings. The fraction of sp³-hybridized carbons (Fsp3) is 0.538. The third kappa shape index (κ3) is 2.70. The van der Waals surface area contributed by atoms with Gasteiger partial charge in [0.25, 0.3) is 0 Å². The average molecular weight is 237 g/mol. The average Bonchev–Trinajstić information content (AvgIpc) is 2.74. The maximum atomic E-state index is 9.93. The largest absolute Gasteiger partial charge is 0.504 e. The predicted molar refractivity (Wildman–Crippen MR) is 65.3 cm³/mol. The van der Waals surface area contributed by atoms with Gasteiger partial charge in [-0.05, 0) is 19.4 Å². The first-order valence-electron chi connectivity index (χ1n) is 5.92. The molecule has 1 fully saturated rings. The van der Waals surface area contributed by atoms with Gasteiger partial charge in [-0.1, -0.05) is 12.1 Å². The van der Waals surface area contributed by atoms with Crippen molar-refractivity contribution in [3.63, 3.8) is 0 Å². The molecule has 0 aliphatic carbocycles. The molecule has 1 heterocycles. The summed E-state index contributed by atoms with van der Waals surface area (Å²) >= 11 is 0. The maximum Gasteiger partial charge on any atom is 0.162 e. The van der Waals surface area contributed by atoms with Crippen LogP contribution in [-0.4, -0.2) is 31.0 Å². The molecule has 0 aromatic heterocycles. The fourth-order valence-corrected chi connectivity index (χ4v) is 2.12. The van der Waals surface area contributed by atoms with Crippen LogP contribution in [0, 0.1) is 0 Å². The SMILES string of the molecule is COc1cccc(CNC2CCOC2C)c1O. The van der Waals surface area contributed by atoms with E-state index in [1.807, 2.05) is 12.1 Å². The number of para-hydroxylation sites is 1. The number of nitrogens with one attached hydrogen (secondary N) is 1. The van der Waals surface area contributed by atoms with E-state index in [0.717, 1.165) is 18.6 Å². The molecule has 4 nitrogen and oxygen atoms in total. The number of hydrogen-bond donors (Lipinski definition) is 2. The Morgan fingerprint density at radius 3 is 3.00 bits per heavy atom. The number of ether oxygens (including phenoxy) is 2. The highest BCUT2D eigenvalue weighted by molar-refractivity contribution is 5.45. The molecule has 0 saturated carbocycles. The normalized spacial score (nSPS) is 23.9. The molecule has 4 heteroatoms. The van der Waals surface area contributed by atoms with E-state index in [9.17, 15) is 5.11 Å². The second-order valence-corrected chi connectivity index (χ2v) is 4.32. The molecule has 0 amide bonds. The van der Waals surface area contributed by atoms with Gasteiger partial charge in [0.2, 0.25) is 0 Å². The number of aromatic hydroxyl groups is 1. The first-order valence-corrected chi connectivity index (χ1v) is 5.92. The van der Waals surface area contributed by atoms with Crippen LogP contribution in [0.3, 0.4) is 0 Å². The summed E-state index contributed by atoms with van der Waals surface area (Å²) in [5, 5.41) is 13.3. The van der Waals surface area contributed by atoms with Gasteiger partial charge in [-0.15, -0.1) is 0 Å². The molecule has 1 aromatic rings. The Balaban J connectivity index is 1.99.